The zero-order valence-electron chi connectivity index (χ0n) is 5.54. The second-order valence-electron chi connectivity index (χ2n) is 2.28. The van der Waals surface area contributed by atoms with Crippen LogP contribution >= 0.6 is 0 Å². The molecular weight excluding hydrogens is 114 g/mol. The van der Waals surface area contributed by atoms with Gasteiger partial charge in [0.1, 0.15) is 0 Å². The topological polar surface area (TPSA) is 50.7 Å². The fraction of sp³-hybridized carbons (Fsp3) is 0.667. The molecular formula is C6H11N3. The van der Waals surface area contributed by atoms with Crippen LogP contribution in [0.3, 0.4) is 0 Å². The van der Waals surface area contributed by atoms with Gasteiger partial charge in [-0.05, 0) is 19.8 Å². The average Bonchev–Trinajstić information content (AvgIpc) is 2.65. The van der Waals surface area contributed by atoms with Gasteiger partial charge in [0, 0.05) is 6.21 Å². The highest BCUT2D eigenvalue weighted by atomic mass is 15.1. The Hall–Kier alpha value is -0.860. The highest BCUT2D eigenvalue weighted by Crippen LogP contribution is 2.22. The lowest BCUT2D eigenvalue weighted by Gasteiger charge is -1.84. The highest BCUT2D eigenvalue weighted by Gasteiger charge is 2.18. The van der Waals surface area contributed by atoms with Crippen molar-refractivity contribution in [2.24, 2.45) is 15.9 Å². The number of rotatable bonds is 2. The molecule has 0 radical (unpaired) electrons. The first-order chi connectivity index (χ1) is 4.33. The van der Waals surface area contributed by atoms with Crippen molar-refractivity contribution in [1.29, 1.82) is 0 Å². The van der Waals surface area contributed by atoms with Crippen molar-refractivity contribution >= 4 is 11.9 Å². The lowest BCUT2D eigenvalue weighted by Crippen LogP contribution is -1.97. The molecule has 0 amide bonds. The van der Waals surface area contributed by atoms with Gasteiger partial charge in [0.05, 0.1) is 11.8 Å². The van der Waals surface area contributed by atoms with Gasteiger partial charge in [0.25, 0.3) is 0 Å². The summed E-state index contributed by atoms with van der Waals surface area (Å²) in [5.74, 6) is 4.98. The molecule has 0 aromatic rings. The van der Waals surface area contributed by atoms with E-state index in [1.165, 1.54) is 12.8 Å². The Morgan fingerprint density at radius 3 is 2.78 bits per heavy atom. The molecule has 1 fully saturated rings. The van der Waals surface area contributed by atoms with E-state index in [2.05, 4.69) is 10.1 Å². The van der Waals surface area contributed by atoms with Gasteiger partial charge in [-0.25, -0.2) is 0 Å². The molecule has 0 saturated heterocycles. The van der Waals surface area contributed by atoms with E-state index in [1.807, 2.05) is 6.92 Å². The molecule has 1 aliphatic carbocycles. The molecule has 50 valence electrons. The van der Waals surface area contributed by atoms with E-state index in [-0.39, 0.29) is 0 Å². The summed E-state index contributed by atoms with van der Waals surface area (Å²) < 4.78 is 0. The van der Waals surface area contributed by atoms with E-state index in [4.69, 9.17) is 5.84 Å². The Labute approximate surface area is 54.7 Å². The number of nitrogens with two attached hydrogens (primary N) is 1. The fourth-order valence-electron chi connectivity index (χ4n) is 0.470. The van der Waals surface area contributed by atoms with Crippen molar-refractivity contribution in [3.8, 4) is 0 Å². The summed E-state index contributed by atoms with van der Waals surface area (Å²) in [6, 6.07) is 0.571. The molecule has 0 unspecified atom stereocenters. The summed E-state index contributed by atoms with van der Waals surface area (Å²) in [5, 5.41) is 3.46. The van der Waals surface area contributed by atoms with Crippen LogP contribution in [0.5, 0.6) is 0 Å². The van der Waals surface area contributed by atoms with Gasteiger partial charge >= 0.3 is 0 Å². The molecule has 9 heavy (non-hydrogen) atoms. The number of hydrogen-bond acceptors (Lipinski definition) is 3. The molecule has 3 nitrogen and oxygen atoms in total. The summed E-state index contributed by atoms with van der Waals surface area (Å²) in [6.07, 6.45) is 4.19. The van der Waals surface area contributed by atoms with E-state index >= 15 is 0 Å². The summed E-state index contributed by atoms with van der Waals surface area (Å²) in [4.78, 5) is 4.17. The summed E-state index contributed by atoms with van der Waals surface area (Å²) in [5.41, 5.74) is 0.793. The van der Waals surface area contributed by atoms with Gasteiger partial charge in [-0.3, -0.25) is 4.99 Å². The van der Waals surface area contributed by atoms with Crippen molar-refractivity contribution in [2.45, 2.75) is 25.8 Å². The van der Waals surface area contributed by atoms with Crippen LogP contribution in [0.1, 0.15) is 19.8 Å². The SMILES string of the molecule is CC(C=NC1CC1)=NN. The standard InChI is InChI=1S/C6H11N3/c1-5(9-7)4-8-6-2-3-6/h4,6H,2-3,7H2,1H3. The summed E-state index contributed by atoms with van der Waals surface area (Å²) >= 11 is 0. The number of aliphatic imine (C=N–C) groups is 1. The molecule has 3 heteroatoms. The third-order valence-electron chi connectivity index (χ3n) is 1.22. The predicted molar refractivity (Wildman–Crippen MR) is 38.8 cm³/mol. The molecule has 0 atom stereocenters. The molecule has 0 bridgehead atoms. The van der Waals surface area contributed by atoms with E-state index < -0.39 is 0 Å². The van der Waals surface area contributed by atoms with Crippen molar-refractivity contribution in [3.63, 3.8) is 0 Å². The first-order valence-corrected chi connectivity index (χ1v) is 3.10. The van der Waals surface area contributed by atoms with Crippen LogP contribution in [0.2, 0.25) is 0 Å². The Balaban J connectivity index is 2.29. The Kier molecular flexibility index (Phi) is 1.82. The number of hydrogen-bond donors (Lipinski definition) is 1. The minimum absolute atomic E-state index is 0.571. The van der Waals surface area contributed by atoms with E-state index in [0.717, 1.165) is 5.71 Å². The van der Waals surface area contributed by atoms with Gasteiger partial charge in [-0.1, -0.05) is 0 Å². The largest absolute Gasteiger partial charge is 0.323 e. The smallest absolute Gasteiger partial charge is 0.0747 e. The summed E-state index contributed by atoms with van der Waals surface area (Å²) in [7, 11) is 0. The first-order valence-electron chi connectivity index (χ1n) is 3.10. The van der Waals surface area contributed by atoms with Crippen LogP contribution in [0.25, 0.3) is 0 Å². The quantitative estimate of drug-likeness (QED) is 0.327. The second kappa shape index (κ2) is 2.62. The maximum atomic E-state index is 4.98. The molecule has 0 heterocycles. The number of nitrogens with zero attached hydrogens (tertiary/aromatic N) is 2. The van der Waals surface area contributed by atoms with Crippen LogP contribution in [0.15, 0.2) is 10.1 Å². The van der Waals surface area contributed by atoms with E-state index in [9.17, 15) is 0 Å². The Morgan fingerprint density at radius 1 is 1.67 bits per heavy atom. The van der Waals surface area contributed by atoms with Crippen LogP contribution in [0, 0.1) is 0 Å². The molecule has 0 aromatic heterocycles. The average molecular weight is 125 g/mol. The molecule has 0 spiro atoms. The summed E-state index contributed by atoms with van der Waals surface area (Å²) in [6.45, 7) is 1.84. The van der Waals surface area contributed by atoms with Crippen molar-refractivity contribution in [2.75, 3.05) is 0 Å². The van der Waals surface area contributed by atoms with Gasteiger partial charge in [-0.15, -0.1) is 0 Å². The van der Waals surface area contributed by atoms with Crippen molar-refractivity contribution in [3.05, 3.63) is 0 Å². The zero-order chi connectivity index (χ0) is 6.69. The molecule has 1 aliphatic rings. The van der Waals surface area contributed by atoms with Gasteiger partial charge in [0.15, 0.2) is 0 Å². The lowest BCUT2D eigenvalue weighted by molar-refractivity contribution is 1.08. The third-order valence-corrected chi connectivity index (χ3v) is 1.22. The lowest BCUT2D eigenvalue weighted by atomic mass is 10.5. The highest BCUT2D eigenvalue weighted by molar-refractivity contribution is 6.29. The maximum Gasteiger partial charge on any atom is 0.0747 e. The van der Waals surface area contributed by atoms with Crippen molar-refractivity contribution in [1.82, 2.24) is 0 Å². The van der Waals surface area contributed by atoms with E-state index in [0.29, 0.717) is 6.04 Å². The number of hydrazone groups is 1. The van der Waals surface area contributed by atoms with Crippen molar-refractivity contribution < 1.29 is 0 Å². The fourth-order valence-corrected chi connectivity index (χ4v) is 0.470. The second-order valence-corrected chi connectivity index (χ2v) is 2.28. The Morgan fingerprint density at radius 2 is 2.33 bits per heavy atom. The Bertz CT molecular complexity index is 144. The molecule has 0 aromatic carbocycles. The van der Waals surface area contributed by atoms with Crippen LogP contribution in [-0.2, 0) is 0 Å². The molecule has 1 saturated carbocycles. The maximum absolute atomic E-state index is 4.98. The first kappa shape index (κ1) is 6.26. The monoisotopic (exact) mass is 125 g/mol. The normalized spacial score (nSPS) is 21.2. The minimum atomic E-state index is 0.571. The predicted octanol–water partition coefficient (Wildman–Crippen LogP) is 0.554. The van der Waals surface area contributed by atoms with Crippen LogP contribution < -0.4 is 5.84 Å². The minimum Gasteiger partial charge on any atom is -0.323 e. The molecule has 1 rings (SSSR count). The third kappa shape index (κ3) is 2.26. The van der Waals surface area contributed by atoms with Crippen LogP contribution in [0.4, 0.5) is 0 Å². The van der Waals surface area contributed by atoms with E-state index in [1.54, 1.807) is 6.21 Å². The van der Waals surface area contributed by atoms with Crippen LogP contribution in [-0.4, -0.2) is 18.0 Å². The van der Waals surface area contributed by atoms with Gasteiger partial charge in [-0.2, -0.15) is 5.10 Å². The molecule has 0 aliphatic heterocycles. The van der Waals surface area contributed by atoms with Gasteiger partial charge < -0.3 is 5.84 Å². The van der Waals surface area contributed by atoms with Gasteiger partial charge in [0.2, 0.25) is 0 Å². The molecule has 2 N–H and O–H groups in total. The zero-order valence-corrected chi connectivity index (χ0v) is 5.54.